The number of ether oxygens (including phenoxy) is 1. The molecule has 1 amide bonds. The molecule has 0 N–H and O–H groups in total. The SMILES string of the molecule is Cc1ccc([S@](=O)C[C@@H]2CCCCN2C(=O)OC(C)(C)C)nn1. The van der Waals surface area contributed by atoms with Crippen LogP contribution in [0.3, 0.4) is 0 Å². The fourth-order valence-corrected chi connectivity index (χ4v) is 3.72. The first-order valence-corrected chi connectivity index (χ1v) is 9.26. The van der Waals surface area contributed by atoms with Crippen LogP contribution in [0.15, 0.2) is 17.2 Å². The summed E-state index contributed by atoms with van der Waals surface area (Å²) in [6.45, 7) is 8.04. The Morgan fingerprint density at radius 2 is 2.09 bits per heavy atom. The molecular weight excluding hydrogens is 314 g/mol. The number of aromatic nitrogens is 2. The summed E-state index contributed by atoms with van der Waals surface area (Å²) < 4.78 is 18.0. The minimum atomic E-state index is -1.27. The van der Waals surface area contributed by atoms with Crippen molar-refractivity contribution in [1.82, 2.24) is 15.1 Å². The highest BCUT2D eigenvalue weighted by Gasteiger charge is 2.31. The van der Waals surface area contributed by atoms with Gasteiger partial charge in [-0.25, -0.2) is 4.79 Å². The predicted octanol–water partition coefficient (Wildman–Crippen LogP) is 2.68. The van der Waals surface area contributed by atoms with E-state index < -0.39 is 16.4 Å². The van der Waals surface area contributed by atoms with Crippen LogP contribution in [0.2, 0.25) is 0 Å². The summed E-state index contributed by atoms with van der Waals surface area (Å²) in [6, 6.07) is 3.45. The summed E-state index contributed by atoms with van der Waals surface area (Å²) in [5.74, 6) is 0.372. The molecule has 1 aromatic rings. The summed E-state index contributed by atoms with van der Waals surface area (Å²) >= 11 is 0. The lowest BCUT2D eigenvalue weighted by Crippen LogP contribution is -2.48. The van der Waals surface area contributed by atoms with Crippen molar-refractivity contribution >= 4 is 16.9 Å². The molecule has 128 valence electrons. The van der Waals surface area contributed by atoms with Crippen LogP contribution in [0.5, 0.6) is 0 Å². The van der Waals surface area contributed by atoms with Gasteiger partial charge in [0.05, 0.1) is 22.2 Å². The normalized spacial score (nSPS) is 20.2. The first-order chi connectivity index (χ1) is 10.8. The Balaban J connectivity index is 2.04. The average Bonchev–Trinajstić information content (AvgIpc) is 2.46. The van der Waals surface area contributed by atoms with Crippen molar-refractivity contribution in [2.75, 3.05) is 12.3 Å². The van der Waals surface area contributed by atoms with Crippen LogP contribution >= 0.6 is 0 Å². The minimum Gasteiger partial charge on any atom is -0.444 e. The third-order valence-corrected chi connectivity index (χ3v) is 4.98. The summed E-state index contributed by atoms with van der Waals surface area (Å²) in [5.41, 5.74) is 0.263. The highest BCUT2D eigenvalue weighted by Crippen LogP contribution is 2.22. The molecule has 0 spiro atoms. The van der Waals surface area contributed by atoms with E-state index in [2.05, 4.69) is 10.2 Å². The predicted molar refractivity (Wildman–Crippen MR) is 88.6 cm³/mol. The van der Waals surface area contributed by atoms with Crippen LogP contribution in [0, 0.1) is 6.92 Å². The second kappa shape index (κ2) is 7.38. The fraction of sp³-hybridized carbons (Fsp3) is 0.688. The maximum atomic E-state index is 12.5. The molecule has 1 aliphatic heterocycles. The zero-order valence-electron chi connectivity index (χ0n) is 14.2. The van der Waals surface area contributed by atoms with E-state index in [1.54, 1.807) is 17.0 Å². The van der Waals surface area contributed by atoms with Crippen LogP contribution in [0.25, 0.3) is 0 Å². The Kier molecular flexibility index (Phi) is 5.73. The minimum absolute atomic E-state index is 0.0810. The van der Waals surface area contributed by atoms with Crippen molar-refractivity contribution < 1.29 is 13.7 Å². The third-order valence-electron chi connectivity index (χ3n) is 3.61. The number of piperidine rings is 1. The van der Waals surface area contributed by atoms with Gasteiger partial charge in [-0.1, -0.05) is 0 Å². The number of carbonyl (C=O) groups excluding carboxylic acids is 1. The van der Waals surface area contributed by atoms with Gasteiger partial charge in [0, 0.05) is 12.6 Å². The van der Waals surface area contributed by atoms with Crippen molar-refractivity contribution in [3.63, 3.8) is 0 Å². The molecule has 7 heteroatoms. The largest absolute Gasteiger partial charge is 0.444 e. The van der Waals surface area contributed by atoms with Gasteiger partial charge in [-0.15, -0.1) is 5.10 Å². The van der Waals surface area contributed by atoms with Crippen LogP contribution < -0.4 is 0 Å². The molecule has 1 aliphatic rings. The topological polar surface area (TPSA) is 72.4 Å². The van der Waals surface area contributed by atoms with Crippen molar-refractivity contribution in [3.05, 3.63) is 17.8 Å². The van der Waals surface area contributed by atoms with Gasteiger partial charge in [0.1, 0.15) is 10.6 Å². The summed E-state index contributed by atoms with van der Waals surface area (Å²) in [4.78, 5) is 14.1. The monoisotopic (exact) mass is 339 g/mol. The molecule has 0 aromatic carbocycles. The van der Waals surface area contributed by atoms with E-state index in [9.17, 15) is 9.00 Å². The summed E-state index contributed by atoms with van der Waals surface area (Å²) in [5, 5.41) is 8.40. The Morgan fingerprint density at radius 3 is 2.70 bits per heavy atom. The lowest BCUT2D eigenvalue weighted by atomic mass is 10.0. The summed E-state index contributed by atoms with van der Waals surface area (Å²) in [7, 11) is -1.27. The van der Waals surface area contributed by atoms with Gasteiger partial charge in [0.15, 0.2) is 0 Å². The number of likely N-dealkylation sites (tertiary alicyclic amines) is 1. The van der Waals surface area contributed by atoms with Gasteiger partial charge in [0.25, 0.3) is 0 Å². The number of carbonyl (C=O) groups is 1. The van der Waals surface area contributed by atoms with Crippen LogP contribution in [0.1, 0.15) is 45.7 Å². The molecule has 6 nitrogen and oxygen atoms in total. The van der Waals surface area contributed by atoms with Gasteiger partial charge in [-0.05, 0) is 59.1 Å². The Labute approximate surface area is 140 Å². The van der Waals surface area contributed by atoms with E-state index >= 15 is 0 Å². The first kappa shape index (κ1) is 17.8. The van der Waals surface area contributed by atoms with Crippen LogP contribution in [-0.2, 0) is 15.5 Å². The molecule has 2 rings (SSSR count). The molecular formula is C16H25N3O3S. The number of rotatable bonds is 3. The standard InChI is InChI=1S/C16H25N3O3S/c1-12-8-9-14(18-17-12)23(21)11-13-7-5-6-10-19(13)15(20)22-16(2,3)4/h8-9,13H,5-7,10-11H2,1-4H3/t13-,23+/m0/s1. The molecule has 1 aromatic heterocycles. The van der Waals surface area contributed by atoms with E-state index in [-0.39, 0.29) is 12.1 Å². The average molecular weight is 339 g/mol. The molecule has 2 heterocycles. The van der Waals surface area contributed by atoms with E-state index in [1.165, 1.54) is 0 Å². The van der Waals surface area contributed by atoms with Gasteiger partial charge in [0.2, 0.25) is 0 Å². The molecule has 0 unspecified atom stereocenters. The van der Waals surface area contributed by atoms with Crippen molar-refractivity contribution in [2.24, 2.45) is 0 Å². The zero-order chi connectivity index (χ0) is 17.0. The van der Waals surface area contributed by atoms with Gasteiger partial charge >= 0.3 is 6.09 Å². The highest BCUT2D eigenvalue weighted by atomic mass is 32.2. The van der Waals surface area contributed by atoms with E-state index in [0.717, 1.165) is 25.0 Å². The smallest absolute Gasteiger partial charge is 0.410 e. The molecule has 0 aliphatic carbocycles. The van der Waals surface area contributed by atoms with Gasteiger partial charge in [-0.2, -0.15) is 5.10 Å². The quantitative estimate of drug-likeness (QED) is 0.846. The second-order valence-corrected chi connectivity index (χ2v) is 8.29. The number of amides is 1. The molecule has 23 heavy (non-hydrogen) atoms. The number of aryl methyl sites for hydroxylation is 1. The van der Waals surface area contributed by atoms with Crippen molar-refractivity contribution in [2.45, 2.75) is 63.6 Å². The molecule has 1 saturated heterocycles. The molecule has 2 atom stereocenters. The molecule has 1 fully saturated rings. The summed E-state index contributed by atoms with van der Waals surface area (Å²) in [6.07, 6.45) is 2.49. The Hall–Kier alpha value is -1.50. The van der Waals surface area contributed by atoms with E-state index in [0.29, 0.717) is 17.3 Å². The molecule has 0 radical (unpaired) electrons. The van der Waals surface area contributed by atoms with Gasteiger partial charge < -0.3 is 9.64 Å². The Morgan fingerprint density at radius 1 is 1.35 bits per heavy atom. The van der Waals surface area contributed by atoms with Crippen molar-refractivity contribution in [1.29, 1.82) is 0 Å². The van der Waals surface area contributed by atoms with Gasteiger partial charge in [-0.3, -0.25) is 4.21 Å². The maximum Gasteiger partial charge on any atom is 0.410 e. The third kappa shape index (κ3) is 5.27. The molecule has 0 saturated carbocycles. The first-order valence-electron chi connectivity index (χ1n) is 7.94. The molecule has 0 bridgehead atoms. The van der Waals surface area contributed by atoms with E-state index in [1.807, 2.05) is 27.7 Å². The lowest BCUT2D eigenvalue weighted by Gasteiger charge is -2.36. The Bertz CT molecular complexity index is 569. The van der Waals surface area contributed by atoms with E-state index in [4.69, 9.17) is 4.74 Å². The number of hydrogen-bond acceptors (Lipinski definition) is 5. The maximum absolute atomic E-state index is 12.5. The van der Waals surface area contributed by atoms with Crippen molar-refractivity contribution in [3.8, 4) is 0 Å². The fourth-order valence-electron chi connectivity index (χ4n) is 2.50. The second-order valence-electron chi connectivity index (χ2n) is 6.85. The van der Waals surface area contributed by atoms with Crippen LogP contribution in [-0.4, -0.2) is 49.3 Å². The number of nitrogens with zero attached hydrogens (tertiary/aromatic N) is 3. The number of hydrogen-bond donors (Lipinski definition) is 0. The lowest BCUT2D eigenvalue weighted by molar-refractivity contribution is 0.0125. The highest BCUT2D eigenvalue weighted by molar-refractivity contribution is 7.85. The van der Waals surface area contributed by atoms with Crippen LogP contribution in [0.4, 0.5) is 4.79 Å². The zero-order valence-corrected chi connectivity index (χ0v) is 15.1.